The van der Waals surface area contributed by atoms with Gasteiger partial charge in [0.05, 0.1) is 5.69 Å². The molecular formula is C15H18ClN3O. The van der Waals surface area contributed by atoms with E-state index in [1.807, 2.05) is 31.2 Å². The molecule has 0 unspecified atom stereocenters. The van der Waals surface area contributed by atoms with Gasteiger partial charge in [-0.05, 0) is 37.6 Å². The van der Waals surface area contributed by atoms with Crippen molar-refractivity contribution in [2.45, 2.75) is 26.7 Å². The minimum absolute atomic E-state index is 0.137. The zero-order valence-corrected chi connectivity index (χ0v) is 12.4. The van der Waals surface area contributed by atoms with Crippen LogP contribution in [0, 0.1) is 6.92 Å². The summed E-state index contributed by atoms with van der Waals surface area (Å²) in [5.74, 6) is -0.137. The summed E-state index contributed by atoms with van der Waals surface area (Å²) in [5.41, 5.74) is 2.18. The van der Waals surface area contributed by atoms with Gasteiger partial charge in [-0.1, -0.05) is 31.0 Å². The van der Waals surface area contributed by atoms with E-state index < -0.39 is 0 Å². The van der Waals surface area contributed by atoms with Crippen LogP contribution in [0.15, 0.2) is 30.3 Å². The molecule has 0 radical (unpaired) electrons. The third-order valence-electron chi connectivity index (χ3n) is 2.99. The molecule has 0 saturated heterocycles. The highest BCUT2D eigenvalue weighted by Gasteiger charge is 2.12. The normalized spacial score (nSPS) is 10.6. The molecule has 1 N–H and O–H groups in total. The molecule has 0 aliphatic carbocycles. The van der Waals surface area contributed by atoms with E-state index in [0.29, 0.717) is 17.3 Å². The van der Waals surface area contributed by atoms with Gasteiger partial charge < -0.3 is 5.32 Å². The fraction of sp³-hybridized carbons (Fsp3) is 0.333. The number of nitrogens with one attached hydrogen (secondary N) is 1. The minimum atomic E-state index is -0.137. The summed E-state index contributed by atoms with van der Waals surface area (Å²) >= 11 is 5.98. The number of rotatable bonds is 5. The quantitative estimate of drug-likeness (QED) is 0.859. The number of hydrogen-bond acceptors (Lipinski definition) is 2. The first-order valence-electron chi connectivity index (χ1n) is 6.72. The molecule has 2 rings (SSSR count). The van der Waals surface area contributed by atoms with Crippen molar-refractivity contribution in [1.29, 1.82) is 0 Å². The number of carbonyl (C=O) groups excluding carboxylic acids is 1. The molecule has 0 fully saturated rings. The Morgan fingerprint density at radius 3 is 2.90 bits per heavy atom. The highest BCUT2D eigenvalue weighted by atomic mass is 35.5. The van der Waals surface area contributed by atoms with Crippen LogP contribution < -0.4 is 5.32 Å². The minimum Gasteiger partial charge on any atom is -0.351 e. The summed E-state index contributed by atoms with van der Waals surface area (Å²) in [6.45, 7) is 4.68. The Kier molecular flexibility index (Phi) is 4.79. The Bertz CT molecular complexity index is 607. The SMILES string of the molecule is CCCCNC(=O)c1cc(C)n(-c2cccc(Cl)c2)n1. The Morgan fingerprint density at radius 1 is 1.40 bits per heavy atom. The lowest BCUT2D eigenvalue weighted by atomic mass is 10.3. The van der Waals surface area contributed by atoms with Crippen molar-refractivity contribution in [1.82, 2.24) is 15.1 Å². The third kappa shape index (κ3) is 3.39. The fourth-order valence-corrected chi connectivity index (χ4v) is 2.11. The number of nitrogens with zero attached hydrogens (tertiary/aromatic N) is 2. The summed E-state index contributed by atoms with van der Waals surface area (Å²) in [5, 5.41) is 7.85. The van der Waals surface area contributed by atoms with E-state index in [2.05, 4.69) is 17.3 Å². The largest absolute Gasteiger partial charge is 0.351 e. The van der Waals surface area contributed by atoms with Crippen LogP contribution in [0.4, 0.5) is 0 Å². The molecule has 0 spiro atoms. The second-order valence-electron chi connectivity index (χ2n) is 4.67. The van der Waals surface area contributed by atoms with Crippen LogP contribution in [0.25, 0.3) is 5.69 Å². The molecular weight excluding hydrogens is 274 g/mol. The Hall–Kier alpha value is -1.81. The smallest absolute Gasteiger partial charge is 0.271 e. The van der Waals surface area contributed by atoms with Crippen LogP contribution in [-0.2, 0) is 0 Å². The molecule has 20 heavy (non-hydrogen) atoms. The van der Waals surface area contributed by atoms with Crippen molar-refractivity contribution in [3.63, 3.8) is 0 Å². The molecule has 5 heteroatoms. The highest BCUT2D eigenvalue weighted by Crippen LogP contribution is 2.16. The van der Waals surface area contributed by atoms with Crippen molar-refractivity contribution < 1.29 is 4.79 Å². The van der Waals surface area contributed by atoms with Gasteiger partial charge in [0, 0.05) is 17.3 Å². The average molecular weight is 292 g/mol. The summed E-state index contributed by atoms with van der Waals surface area (Å²) in [7, 11) is 0. The van der Waals surface area contributed by atoms with Gasteiger partial charge in [-0.2, -0.15) is 5.10 Å². The molecule has 1 amide bonds. The number of benzene rings is 1. The number of halogens is 1. The van der Waals surface area contributed by atoms with Gasteiger partial charge in [0.25, 0.3) is 5.91 Å². The number of carbonyl (C=O) groups is 1. The molecule has 0 aliphatic rings. The number of aryl methyl sites for hydroxylation is 1. The molecule has 0 atom stereocenters. The summed E-state index contributed by atoms with van der Waals surface area (Å²) in [4.78, 5) is 12.0. The van der Waals surface area contributed by atoms with Gasteiger partial charge in [0.1, 0.15) is 0 Å². The summed E-state index contributed by atoms with van der Waals surface area (Å²) in [6.07, 6.45) is 2.02. The second kappa shape index (κ2) is 6.57. The predicted octanol–water partition coefficient (Wildman–Crippen LogP) is 3.36. The lowest BCUT2D eigenvalue weighted by Gasteiger charge is -2.04. The van der Waals surface area contributed by atoms with E-state index in [0.717, 1.165) is 24.2 Å². The van der Waals surface area contributed by atoms with Gasteiger partial charge in [-0.15, -0.1) is 0 Å². The van der Waals surface area contributed by atoms with Crippen molar-refractivity contribution in [2.24, 2.45) is 0 Å². The highest BCUT2D eigenvalue weighted by molar-refractivity contribution is 6.30. The zero-order chi connectivity index (χ0) is 14.5. The average Bonchev–Trinajstić information content (AvgIpc) is 2.81. The number of amides is 1. The van der Waals surface area contributed by atoms with E-state index in [1.165, 1.54) is 0 Å². The summed E-state index contributed by atoms with van der Waals surface area (Å²) in [6, 6.07) is 9.18. The van der Waals surface area contributed by atoms with Crippen molar-refractivity contribution in [3.05, 3.63) is 46.7 Å². The molecule has 4 nitrogen and oxygen atoms in total. The van der Waals surface area contributed by atoms with Gasteiger partial charge in [-0.3, -0.25) is 4.79 Å². The van der Waals surface area contributed by atoms with Gasteiger partial charge in [-0.25, -0.2) is 4.68 Å². The number of hydrogen-bond donors (Lipinski definition) is 1. The van der Waals surface area contributed by atoms with E-state index >= 15 is 0 Å². The molecule has 1 heterocycles. The first-order valence-corrected chi connectivity index (χ1v) is 7.10. The third-order valence-corrected chi connectivity index (χ3v) is 3.22. The lowest BCUT2D eigenvalue weighted by Crippen LogP contribution is -2.24. The Morgan fingerprint density at radius 2 is 2.20 bits per heavy atom. The molecule has 2 aromatic rings. The predicted molar refractivity (Wildman–Crippen MR) is 80.6 cm³/mol. The number of aromatic nitrogens is 2. The van der Waals surface area contributed by atoms with E-state index in [-0.39, 0.29) is 5.91 Å². The maximum absolute atomic E-state index is 12.0. The summed E-state index contributed by atoms with van der Waals surface area (Å²) < 4.78 is 1.72. The van der Waals surface area contributed by atoms with E-state index in [9.17, 15) is 4.79 Å². The monoisotopic (exact) mass is 291 g/mol. The van der Waals surface area contributed by atoms with Crippen LogP contribution in [0.5, 0.6) is 0 Å². The van der Waals surface area contributed by atoms with Gasteiger partial charge >= 0.3 is 0 Å². The van der Waals surface area contributed by atoms with Gasteiger partial charge in [0.15, 0.2) is 5.69 Å². The maximum Gasteiger partial charge on any atom is 0.271 e. The van der Waals surface area contributed by atoms with Crippen LogP contribution in [-0.4, -0.2) is 22.2 Å². The maximum atomic E-state index is 12.0. The van der Waals surface area contributed by atoms with Gasteiger partial charge in [0.2, 0.25) is 0 Å². The molecule has 106 valence electrons. The zero-order valence-electron chi connectivity index (χ0n) is 11.7. The molecule has 0 bridgehead atoms. The molecule has 1 aromatic heterocycles. The van der Waals surface area contributed by atoms with Crippen LogP contribution >= 0.6 is 11.6 Å². The Balaban J connectivity index is 2.19. The van der Waals surface area contributed by atoms with Crippen LogP contribution in [0.1, 0.15) is 35.9 Å². The molecule has 1 aromatic carbocycles. The molecule has 0 saturated carbocycles. The van der Waals surface area contributed by atoms with Crippen LogP contribution in [0.3, 0.4) is 0 Å². The van der Waals surface area contributed by atoms with E-state index in [1.54, 1.807) is 10.7 Å². The Labute approximate surface area is 123 Å². The van der Waals surface area contributed by atoms with Crippen molar-refractivity contribution in [3.8, 4) is 5.69 Å². The second-order valence-corrected chi connectivity index (χ2v) is 5.11. The fourth-order valence-electron chi connectivity index (χ4n) is 1.92. The van der Waals surface area contributed by atoms with E-state index in [4.69, 9.17) is 11.6 Å². The lowest BCUT2D eigenvalue weighted by molar-refractivity contribution is 0.0948. The topological polar surface area (TPSA) is 46.9 Å². The van der Waals surface area contributed by atoms with Crippen molar-refractivity contribution in [2.75, 3.05) is 6.54 Å². The first-order chi connectivity index (χ1) is 9.61. The standard InChI is InChI=1S/C15H18ClN3O/c1-3-4-8-17-15(20)14-9-11(2)19(18-14)13-7-5-6-12(16)10-13/h5-7,9-10H,3-4,8H2,1-2H3,(H,17,20). The first kappa shape index (κ1) is 14.6. The molecule has 0 aliphatic heterocycles. The van der Waals surface area contributed by atoms with Crippen LogP contribution in [0.2, 0.25) is 5.02 Å². The number of unbranched alkanes of at least 4 members (excludes halogenated alkanes) is 1. The van der Waals surface area contributed by atoms with Crippen molar-refractivity contribution >= 4 is 17.5 Å².